The number of benzene rings is 3. The van der Waals surface area contributed by atoms with Crippen LogP contribution in [0, 0.1) is 11.6 Å². The van der Waals surface area contributed by atoms with Crippen molar-refractivity contribution in [3.63, 3.8) is 0 Å². The smallest absolute Gasteiger partial charge is 0.321 e. The molecule has 1 aliphatic heterocycles. The molecule has 1 aromatic heterocycles. The highest BCUT2D eigenvalue weighted by molar-refractivity contribution is 6.30. The van der Waals surface area contributed by atoms with Gasteiger partial charge in [-0.3, -0.25) is 0 Å². The minimum absolute atomic E-state index is 0.112. The number of anilines is 2. The van der Waals surface area contributed by atoms with Gasteiger partial charge in [-0.05, 0) is 54.6 Å². The third kappa shape index (κ3) is 6.49. The zero-order valence-electron chi connectivity index (χ0n) is 21.4. The Hall–Kier alpha value is -4.22. The maximum atomic E-state index is 14.6. The average molecular weight is 569 g/mol. The fourth-order valence-electron chi connectivity index (χ4n) is 4.52. The van der Waals surface area contributed by atoms with Gasteiger partial charge in [-0.25, -0.2) is 23.2 Å². The molecule has 2 heterocycles. The molecule has 1 unspecified atom stereocenters. The van der Waals surface area contributed by atoms with E-state index in [0.717, 1.165) is 17.8 Å². The summed E-state index contributed by atoms with van der Waals surface area (Å²) in [6, 6.07) is 17.1. The van der Waals surface area contributed by atoms with E-state index in [9.17, 15) is 18.7 Å². The number of rotatable bonds is 8. The largest absolute Gasteiger partial charge is 0.490 e. The molecular weight excluding hydrogens is 542 g/mol. The summed E-state index contributed by atoms with van der Waals surface area (Å²) in [5.74, 6) is -1.17. The third-order valence-electron chi connectivity index (χ3n) is 6.66. The highest BCUT2D eigenvalue weighted by Gasteiger charge is 2.35. The molecule has 2 amide bonds. The van der Waals surface area contributed by atoms with Crippen LogP contribution in [0.1, 0.15) is 5.56 Å². The van der Waals surface area contributed by atoms with Crippen molar-refractivity contribution in [1.29, 1.82) is 0 Å². The van der Waals surface area contributed by atoms with E-state index in [0.29, 0.717) is 42.6 Å². The Labute approximate surface area is 234 Å². The zero-order chi connectivity index (χ0) is 28.1. The molecule has 40 heavy (non-hydrogen) atoms. The molecule has 4 aromatic rings. The number of halogens is 3. The van der Waals surface area contributed by atoms with Gasteiger partial charge in [0, 0.05) is 54.2 Å². The summed E-state index contributed by atoms with van der Waals surface area (Å²) >= 11 is 5.90. The first-order valence-electron chi connectivity index (χ1n) is 12.6. The fraction of sp³-hybridized carbons (Fsp3) is 0.250. The van der Waals surface area contributed by atoms with Crippen molar-refractivity contribution in [2.45, 2.75) is 12.1 Å². The first kappa shape index (κ1) is 27.4. The van der Waals surface area contributed by atoms with Crippen LogP contribution >= 0.6 is 11.6 Å². The Morgan fingerprint density at radius 1 is 1.02 bits per heavy atom. The van der Waals surface area contributed by atoms with Gasteiger partial charge in [-0.2, -0.15) is 5.10 Å². The van der Waals surface area contributed by atoms with Crippen LogP contribution in [-0.4, -0.2) is 63.6 Å². The Morgan fingerprint density at radius 2 is 1.75 bits per heavy atom. The summed E-state index contributed by atoms with van der Waals surface area (Å²) in [6.07, 6.45) is 2.69. The number of ether oxygens (including phenoxy) is 1. The summed E-state index contributed by atoms with van der Waals surface area (Å²) in [5, 5.41) is 18.9. The van der Waals surface area contributed by atoms with Crippen molar-refractivity contribution in [2.24, 2.45) is 0 Å². The topological polar surface area (TPSA) is 95.8 Å². The van der Waals surface area contributed by atoms with E-state index >= 15 is 0 Å². The van der Waals surface area contributed by atoms with Crippen molar-refractivity contribution < 1.29 is 23.4 Å². The summed E-state index contributed by atoms with van der Waals surface area (Å²) in [6.45, 7) is 1.94. The molecule has 1 saturated heterocycles. The van der Waals surface area contributed by atoms with Crippen LogP contribution in [0.15, 0.2) is 79.4 Å². The second-order valence-corrected chi connectivity index (χ2v) is 9.88. The summed E-state index contributed by atoms with van der Waals surface area (Å²) in [4.78, 5) is 20.4. The van der Waals surface area contributed by atoms with E-state index < -0.39 is 17.2 Å². The second-order valence-electron chi connectivity index (χ2n) is 9.44. The average Bonchev–Trinajstić information content (AvgIpc) is 3.46. The minimum Gasteiger partial charge on any atom is -0.490 e. The van der Waals surface area contributed by atoms with Crippen LogP contribution in [0.3, 0.4) is 0 Å². The van der Waals surface area contributed by atoms with Gasteiger partial charge in [-0.1, -0.05) is 17.7 Å². The van der Waals surface area contributed by atoms with Crippen LogP contribution in [0.5, 0.6) is 5.75 Å². The van der Waals surface area contributed by atoms with Gasteiger partial charge < -0.3 is 25.0 Å². The van der Waals surface area contributed by atoms with E-state index in [1.54, 1.807) is 41.3 Å². The monoisotopic (exact) mass is 568 g/mol. The molecule has 0 saturated carbocycles. The maximum absolute atomic E-state index is 14.6. The molecule has 1 atom stereocenters. The molecule has 1 fully saturated rings. The zero-order valence-corrected chi connectivity index (χ0v) is 22.1. The van der Waals surface area contributed by atoms with Crippen LogP contribution in [0.4, 0.5) is 25.0 Å². The SMILES string of the molecule is O=C(Nc1ccc(Cl)cc1)N1CCN(c2ccc(OCC(O)(Cn3cncn3)c3ccc(F)cc3F)cc2)CC1. The number of aliphatic hydroxyl groups is 1. The van der Waals surface area contributed by atoms with Crippen LogP contribution in [-0.2, 0) is 12.1 Å². The minimum atomic E-state index is -1.84. The molecule has 5 rings (SSSR count). The molecule has 12 heteroatoms. The van der Waals surface area contributed by atoms with Crippen molar-refractivity contribution in [2.75, 3.05) is 43.0 Å². The van der Waals surface area contributed by atoms with Crippen molar-refractivity contribution >= 4 is 29.0 Å². The Bertz CT molecular complexity index is 1430. The Kier molecular flexibility index (Phi) is 8.13. The number of nitrogens with zero attached hydrogens (tertiary/aromatic N) is 5. The fourth-order valence-corrected chi connectivity index (χ4v) is 4.64. The molecule has 1 aliphatic rings. The molecule has 208 valence electrons. The lowest BCUT2D eigenvalue weighted by molar-refractivity contribution is -0.0297. The molecule has 3 aromatic carbocycles. The predicted molar refractivity (Wildman–Crippen MR) is 146 cm³/mol. The Balaban J connectivity index is 1.19. The van der Waals surface area contributed by atoms with E-state index in [4.69, 9.17) is 16.3 Å². The number of amides is 2. The predicted octanol–water partition coefficient (Wildman–Crippen LogP) is 4.53. The molecule has 0 aliphatic carbocycles. The molecule has 0 radical (unpaired) electrons. The number of urea groups is 1. The van der Waals surface area contributed by atoms with Gasteiger partial charge in [0.2, 0.25) is 0 Å². The highest BCUT2D eigenvalue weighted by atomic mass is 35.5. The normalized spacial score (nSPS) is 15.0. The lowest BCUT2D eigenvalue weighted by atomic mass is 9.94. The second kappa shape index (κ2) is 11.9. The number of piperazine rings is 1. The maximum Gasteiger partial charge on any atom is 0.321 e. The van der Waals surface area contributed by atoms with Gasteiger partial charge in [-0.15, -0.1) is 0 Å². The van der Waals surface area contributed by atoms with Gasteiger partial charge in [0.25, 0.3) is 0 Å². The van der Waals surface area contributed by atoms with Gasteiger partial charge in [0.1, 0.15) is 42.2 Å². The molecule has 0 spiro atoms. The van der Waals surface area contributed by atoms with E-state index in [-0.39, 0.29) is 24.7 Å². The summed E-state index contributed by atoms with van der Waals surface area (Å²) in [5.41, 5.74) is -0.318. The first-order valence-corrected chi connectivity index (χ1v) is 13.0. The number of nitrogens with one attached hydrogen (secondary N) is 1. The number of carbonyl (C=O) groups excluding carboxylic acids is 1. The van der Waals surface area contributed by atoms with Crippen LogP contribution < -0.4 is 15.0 Å². The van der Waals surface area contributed by atoms with Gasteiger partial charge in [0.05, 0.1) is 6.54 Å². The van der Waals surface area contributed by atoms with E-state index in [1.165, 1.54) is 23.4 Å². The summed E-state index contributed by atoms with van der Waals surface area (Å²) in [7, 11) is 0. The van der Waals surface area contributed by atoms with Crippen molar-refractivity contribution in [3.05, 3.63) is 102 Å². The summed E-state index contributed by atoms with van der Waals surface area (Å²) < 4.78 is 35.3. The standard InChI is InChI=1S/C28H27ClF2N6O3/c29-20-1-4-22(5-2-20)34-27(38)36-13-11-35(12-14-36)23-6-8-24(9-7-23)40-17-28(39,16-37-19-32-18-33-37)25-10-3-21(30)15-26(25)31/h1-10,15,18-19,39H,11-14,16-17H2,(H,34,38). The number of aromatic nitrogens is 3. The third-order valence-corrected chi connectivity index (χ3v) is 6.92. The van der Waals surface area contributed by atoms with Crippen molar-refractivity contribution in [1.82, 2.24) is 19.7 Å². The first-order chi connectivity index (χ1) is 19.3. The van der Waals surface area contributed by atoms with E-state index in [2.05, 4.69) is 20.3 Å². The van der Waals surface area contributed by atoms with Gasteiger partial charge in [0.15, 0.2) is 0 Å². The number of carbonyl (C=O) groups is 1. The quantitative estimate of drug-likeness (QED) is 0.324. The molecular formula is C28H27ClF2N6O3. The van der Waals surface area contributed by atoms with Crippen molar-refractivity contribution in [3.8, 4) is 5.75 Å². The number of hydrogen-bond donors (Lipinski definition) is 2. The van der Waals surface area contributed by atoms with Crippen LogP contribution in [0.25, 0.3) is 0 Å². The highest BCUT2D eigenvalue weighted by Crippen LogP contribution is 2.29. The van der Waals surface area contributed by atoms with Gasteiger partial charge >= 0.3 is 6.03 Å². The number of hydrogen-bond acceptors (Lipinski definition) is 6. The lowest BCUT2D eigenvalue weighted by Crippen LogP contribution is -2.50. The molecule has 0 bridgehead atoms. The van der Waals surface area contributed by atoms with E-state index in [1.807, 2.05) is 12.1 Å². The van der Waals surface area contributed by atoms with Crippen LogP contribution in [0.2, 0.25) is 5.02 Å². The lowest BCUT2D eigenvalue weighted by Gasteiger charge is -2.36. The molecule has 2 N–H and O–H groups in total. The Morgan fingerprint density at radius 3 is 2.40 bits per heavy atom. The molecule has 9 nitrogen and oxygen atoms in total.